The van der Waals surface area contributed by atoms with Crippen LogP contribution in [0.3, 0.4) is 0 Å². The number of fused-ring (bicyclic) bond motifs is 1. The minimum absolute atomic E-state index is 0.165. The number of amides is 1. The summed E-state index contributed by atoms with van der Waals surface area (Å²) < 4.78 is 7.18. The third-order valence-electron chi connectivity index (χ3n) is 3.78. The largest absolute Gasteiger partial charge is 0.494 e. The lowest BCUT2D eigenvalue weighted by atomic mass is 9.91. The van der Waals surface area contributed by atoms with Gasteiger partial charge in [0.1, 0.15) is 11.4 Å². The highest BCUT2D eigenvalue weighted by atomic mass is 16.5. The predicted molar refractivity (Wildman–Crippen MR) is 97.3 cm³/mol. The van der Waals surface area contributed by atoms with Crippen LogP contribution in [-0.2, 0) is 5.41 Å². The first-order valence-electron chi connectivity index (χ1n) is 8.28. The highest BCUT2D eigenvalue weighted by molar-refractivity contribution is 6.03. The van der Waals surface area contributed by atoms with E-state index < -0.39 is 0 Å². The number of nitrogens with zero attached hydrogens (tertiary/aromatic N) is 3. The summed E-state index contributed by atoms with van der Waals surface area (Å²) in [4.78, 5) is 17.1. The topological polar surface area (TPSA) is 68.5 Å². The summed E-state index contributed by atoms with van der Waals surface area (Å²) in [7, 11) is 0. The lowest BCUT2D eigenvalue weighted by Crippen LogP contribution is -2.21. The molecule has 2 aromatic heterocycles. The molecule has 25 heavy (non-hydrogen) atoms. The van der Waals surface area contributed by atoms with Crippen molar-refractivity contribution in [3.05, 3.63) is 54.0 Å². The van der Waals surface area contributed by atoms with Crippen molar-refractivity contribution < 1.29 is 9.53 Å². The van der Waals surface area contributed by atoms with Gasteiger partial charge in [-0.1, -0.05) is 20.8 Å². The van der Waals surface area contributed by atoms with Crippen LogP contribution in [0.1, 0.15) is 43.9 Å². The minimum atomic E-state index is -0.252. The molecule has 1 N–H and O–H groups in total. The Kier molecular flexibility index (Phi) is 4.44. The maximum atomic E-state index is 12.6. The fraction of sp³-hybridized carbons (Fsp3) is 0.316. The van der Waals surface area contributed by atoms with Gasteiger partial charge < -0.3 is 10.1 Å². The van der Waals surface area contributed by atoms with Crippen molar-refractivity contribution in [2.75, 3.05) is 11.9 Å². The zero-order valence-corrected chi connectivity index (χ0v) is 14.9. The smallest absolute Gasteiger partial charge is 0.274 e. The Hall–Kier alpha value is -2.89. The number of nitrogens with one attached hydrogen (secondary N) is 1. The first-order valence-corrected chi connectivity index (χ1v) is 8.28. The van der Waals surface area contributed by atoms with E-state index in [1.54, 1.807) is 22.8 Å². The summed E-state index contributed by atoms with van der Waals surface area (Å²) in [6, 6.07) is 10.9. The van der Waals surface area contributed by atoms with E-state index in [1.165, 1.54) is 0 Å². The van der Waals surface area contributed by atoms with E-state index in [4.69, 9.17) is 4.74 Å². The lowest BCUT2D eigenvalue weighted by Gasteiger charge is -2.20. The van der Waals surface area contributed by atoms with Gasteiger partial charge in [0.25, 0.3) is 5.91 Å². The first-order chi connectivity index (χ1) is 11.9. The van der Waals surface area contributed by atoms with E-state index in [0.29, 0.717) is 23.6 Å². The molecule has 0 aliphatic carbocycles. The van der Waals surface area contributed by atoms with Crippen molar-refractivity contribution in [1.82, 2.24) is 14.6 Å². The van der Waals surface area contributed by atoms with Crippen LogP contribution >= 0.6 is 0 Å². The molecule has 3 rings (SSSR count). The van der Waals surface area contributed by atoms with Gasteiger partial charge in [0, 0.05) is 17.2 Å². The Balaban J connectivity index is 1.89. The van der Waals surface area contributed by atoms with Crippen LogP contribution in [0.25, 0.3) is 5.65 Å². The normalized spacial score (nSPS) is 11.5. The van der Waals surface area contributed by atoms with Crippen molar-refractivity contribution >= 4 is 17.2 Å². The number of hydrogen-bond donors (Lipinski definition) is 1. The summed E-state index contributed by atoms with van der Waals surface area (Å²) in [5.74, 6) is 0.521. The van der Waals surface area contributed by atoms with Gasteiger partial charge in [-0.2, -0.15) is 5.10 Å². The van der Waals surface area contributed by atoms with Gasteiger partial charge in [0.2, 0.25) is 0 Å². The van der Waals surface area contributed by atoms with Crippen molar-refractivity contribution in [3.8, 4) is 5.75 Å². The standard InChI is InChI=1S/C19H22N4O2/c1-5-25-14-8-6-13(7-9-14)21-18(24)15-12-16(19(2,3)4)23-17(22-15)10-11-20-23/h6-12H,5H2,1-4H3,(H,21,24). The summed E-state index contributed by atoms with van der Waals surface area (Å²) in [6.07, 6.45) is 1.69. The fourth-order valence-corrected chi connectivity index (χ4v) is 2.56. The molecule has 0 aliphatic heterocycles. The summed E-state index contributed by atoms with van der Waals surface area (Å²) in [5, 5.41) is 7.18. The second kappa shape index (κ2) is 6.55. The van der Waals surface area contributed by atoms with Crippen LogP contribution in [0, 0.1) is 0 Å². The molecule has 0 saturated carbocycles. The van der Waals surface area contributed by atoms with E-state index in [-0.39, 0.29) is 11.3 Å². The number of hydrogen-bond acceptors (Lipinski definition) is 4. The average Bonchev–Trinajstić information content (AvgIpc) is 3.03. The number of carbonyl (C=O) groups excluding carboxylic acids is 1. The Morgan fingerprint density at radius 1 is 1.20 bits per heavy atom. The van der Waals surface area contributed by atoms with Gasteiger partial charge >= 0.3 is 0 Å². The predicted octanol–water partition coefficient (Wildman–Crippen LogP) is 3.68. The van der Waals surface area contributed by atoms with E-state index in [9.17, 15) is 4.79 Å². The SMILES string of the molecule is CCOc1ccc(NC(=O)c2cc(C(C)(C)C)n3nccc3n2)cc1. The van der Waals surface area contributed by atoms with Gasteiger partial charge in [-0.25, -0.2) is 9.50 Å². The van der Waals surface area contributed by atoms with Crippen LogP contribution in [0.4, 0.5) is 5.69 Å². The van der Waals surface area contributed by atoms with Crippen molar-refractivity contribution in [2.24, 2.45) is 0 Å². The van der Waals surface area contributed by atoms with Crippen LogP contribution in [0.15, 0.2) is 42.6 Å². The first kappa shape index (κ1) is 17.0. The van der Waals surface area contributed by atoms with E-state index in [0.717, 1.165) is 11.4 Å². The summed E-state index contributed by atoms with van der Waals surface area (Å²) in [6.45, 7) is 8.78. The third kappa shape index (κ3) is 3.63. The van der Waals surface area contributed by atoms with E-state index in [1.807, 2.05) is 31.2 Å². The van der Waals surface area contributed by atoms with Gasteiger partial charge in [-0.15, -0.1) is 0 Å². The molecule has 6 heteroatoms. The number of ether oxygens (including phenoxy) is 1. The van der Waals surface area contributed by atoms with Gasteiger partial charge in [-0.05, 0) is 37.3 Å². The number of anilines is 1. The Labute approximate surface area is 146 Å². The molecule has 0 aliphatic rings. The Bertz CT molecular complexity index is 892. The number of benzene rings is 1. The second-order valence-corrected chi connectivity index (χ2v) is 6.79. The van der Waals surface area contributed by atoms with Crippen LogP contribution < -0.4 is 10.1 Å². The molecule has 2 heterocycles. The summed E-state index contributed by atoms with van der Waals surface area (Å²) >= 11 is 0. The zero-order chi connectivity index (χ0) is 18.0. The lowest BCUT2D eigenvalue weighted by molar-refractivity contribution is 0.102. The highest BCUT2D eigenvalue weighted by Gasteiger charge is 2.21. The molecule has 0 bridgehead atoms. The molecule has 0 unspecified atom stereocenters. The molecular formula is C19H22N4O2. The molecule has 0 saturated heterocycles. The molecule has 0 radical (unpaired) electrons. The second-order valence-electron chi connectivity index (χ2n) is 6.79. The number of rotatable bonds is 4. The molecule has 0 spiro atoms. The van der Waals surface area contributed by atoms with Gasteiger partial charge in [0.15, 0.2) is 5.65 Å². The molecule has 1 aromatic carbocycles. The maximum Gasteiger partial charge on any atom is 0.274 e. The Morgan fingerprint density at radius 2 is 1.92 bits per heavy atom. The van der Waals surface area contributed by atoms with Crippen molar-refractivity contribution in [2.45, 2.75) is 33.1 Å². The van der Waals surface area contributed by atoms with Gasteiger partial charge in [0.05, 0.1) is 18.5 Å². The maximum absolute atomic E-state index is 12.6. The molecule has 0 atom stereocenters. The molecule has 6 nitrogen and oxygen atoms in total. The molecule has 3 aromatic rings. The monoisotopic (exact) mass is 338 g/mol. The van der Waals surface area contributed by atoms with E-state index >= 15 is 0 Å². The molecule has 0 fully saturated rings. The molecular weight excluding hydrogens is 316 g/mol. The number of carbonyl (C=O) groups is 1. The quantitative estimate of drug-likeness (QED) is 0.788. The highest BCUT2D eigenvalue weighted by Crippen LogP contribution is 2.24. The molecule has 130 valence electrons. The minimum Gasteiger partial charge on any atom is -0.494 e. The molecule has 1 amide bonds. The van der Waals surface area contributed by atoms with Gasteiger partial charge in [-0.3, -0.25) is 4.79 Å². The fourth-order valence-electron chi connectivity index (χ4n) is 2.56. The van der Waals surface area contributed by atoms with Crippen LogP contribution in [0.5, 0.6) is 5.75 Å². The number of aromatic nitrogens is 3. The van der Waals surface area contributed by atoms with E-state index in [2.05, 4.69) is 36.2 Å². The third-order valence-corrected chi connectivity index (χ3v) is 3.78. The summed E-state index contributed by atoms with van der Waals surface area (Å²) in [5.41, 5.74) is 2.48. The van der Waals surface area contributed by atoms with Crippen molar-refractivity contribution in [1.29, 1.82) is 0 Å². The van der Waals surface area contributed by atoms with Crippen molar-refractivity contribution in [3.63, 3.8) is 0 Å². The van der Waals surface area contributed by atoms with Crippen LogP contribution in [0.2, 0.25) is 0 Å². The zero-order valence-electron chi connectivity index (χ0n) is 14.9. The average molecular weight is 338 g/mol. The van der Waals surface area contributed by atoms with Crippen LogP contribution in [-0.4, -0.2) is 27.1 Å². The Morgan fingerprint density at radius 3 is 2.56 bits per heavy atom.